The standard InChI is InChI=1S/C16H24O/c1-11(2)16-14-9-4-3-7-12(14)13-8-5-6-10-15(13)17-16/h7,13-16H,1,3-6,8-10H2,2H3/t13?,14-,15?,16-/m1/s1. The van der Waals surface area contributed by atoms with Crippen LogP contribution in [-0.2, 0) is 4.74 Å². The molecular weight excluding hydrogens is 208 g/mol. The molecule has 3 aliphatic rings. The van der Waals surface area contributed by atoms with E-state index in [1.54, 1.807) is 5.57 Å². The maximum absolute atomic E-state index is 6.38. The normalized spacial score (nSPS) is 41.1. The third kappa shape index (κ3) is 1.99. The van der Waals surface area contributed by atoms with Crippen molar-refractivity contribution in [2.75, 3.05) is 0 Å². The Labute approximate surface area is 105 Å². The Balaban J connectivity index is 1.90. The van der Waals surface area contributed by atoms with Crippen LogP contribution in [0, 0.1) is 11.8 Å². The zero-order valence-electron chi connectivity index (χ0n) is 11.0. The summed E-state index contributed by atoms with van der Waals surface area (Å²) in [4.78, 5) is 0. The maximum Gasteiger partial charge on any atom is 0.0849 e. The van der Waals surface area contributed by atoms with E-state index >= 15 is 0 Å². The van der Waals surface area contributed by atoms with E-state index in [1.807, 2.05) is 0 Å². The Morgan fingerprint density at radius 2 is 1.94 bits per heavy atom. The summed E-state index contributed by atoms with van der Waals surface area (Å²) in [6, 6.07) is 0. The van der Waals surface area contributed by atoms with E-state index in [-0.39, 0.29) is 0 Å². The predicted octanol–water partition coefficient (Wildman–Crippen LogP) is 4.25. The van der Waals surface area contributed by atoms with E-state index in [2.05, 4.69) is 19.6 Å². The first kappa shape index (κ1) is 11.5. The summed E-state index contributed by atoms with van der Waals surface area (Å²) >= 11 is 0. The molecule has 0 aromatic heterocycles. The Morgan fingerprint density at radius 3 is 2.76 bits per heavy atom. The smallest absolute Gasteiger partial charge is 0.0849 e. The highest BCUT2D eigenvalue weighted by Gasteiger charge is 2.42. The topological polar surface area (TPSA) is 9.23 Å². The SMILES string of the molecule is C=C(C)[C@H]1OC2CCCCC2C2=CCCC[C@H]21. The highest BCUT2D eigenvalue weighted by atomic mass is 16.5. The van der Waals surface area contributed by atoms with Crippen molar-refractivity contribution in [3.63, 3.8) is 0 Å². The van der Waals surface area contributed by atoms with Crippen molar-refractivity contribution in [1.82, 2.24) is 0 Å². The summed E-state index contributed by atoms with van der Waals surface area (Å²) < 4.78 is 6.38. The van der Waals surface area contributed by atoms with E-state index in [9.17, 15) is 0 Å². The van der Waals surface area contributed by atoms with Crippen molar-refractivity contribution < 1.29 is 4.74 Å². The van der Waals surface area contributed by atoms with Crippen molar-refractivity contribution in [3.05, 3.63) is 23.8 Å². The molecule has 0 amide bonds. The molecule has 1 heterocycles. The van der Waals surface area contributed by atoms with Gasteiger partial charge in [0.1, 0.15) is 0 Å². The van der Waals surface area contributed by atoms with Gasteiger partial charge in [0.25, 0.3) is 0 Å². The lowest BCUT2D eigenvalue weighted by molar-refractivity contribution is -0.0871. The average Bonchev–Trinajstić information content (AvgIpc) is 2.37. The van der Waals surface area contributed by atoms with Gasteiger partial charge in [-0.3, -0.25) is 0 Å². The monoisotopic (exact) mass is 232 g/mol. The van der Waals surface area contributed by atoms with Crippen LogP contribution in [0.3, 0.4) is 0 Å². The molecule has 17 heavy (non-hydrogen) atoms. The highest BCUT2D eigenvalue weighted by molar-refractivity contribution is 5.24. The molecule has 0 spiro atoms. The Bertz CT molecular complexity index is 341. The lowest BCUT2D eigenvalue weighted by Gasteiger charge is -2.47. The van der Waals surface area contributed by atoms with Crippen molar-refractivity contribution in [2.24, 2.45) is 11.8 Å². The fraction of sp³-hybridized carbons (Fsp3) is 0.750. The lowest BCUT2D eigenvalue weighted by atomic mass is 9.68. The van der Waals surface area contributed by atoms with Crippen LogP contribution >= 0.6 is 0 Å². The molecule has 0 radical (unpaired) electrons. The molecule has 2 aliphatic carbocycles. The fourth-order valence-electron chi connectivity index (χ4n) is 4.06. The van der Waals surface area contributed by atoms with E-state index in [4.69, 9.17) is 4.74 Å². The second kappa shape index (κ2) is 4.61. The van der Waals surface area contributed by atoms with Gasteiger partial charge in [-0.2, -0.15) is 0 Å². The number of ether oxygens (including phenoxy) is 1. The Kier molecular flexibility index (Phi) is 3.12. The first-order valence-electron chi connectivity index (χ1n) is 7.28. The number of allylic oxidation sites excluding steroid dienone is 1. The molecule has 2 fully saturated rings. The quantitative estimate of drug-likeness (QED) is 0.614. The molecular formula is C16H24O. The van der Waals surface area contributed by atoms with E-state index < -0.39 is 0 Å². The highest BCUT2D eigenvalue weighted by Crippen LogP contribution is 2.47. The molecule has 1 saturated heterocycles. The molecule has 94 valence electrons. The third-order valence-electron chi connectivity index (χ3n) is 4.83. The fourth-order valence-corrected chi connectivity index (χ4v) is 4.06. The number of fused-ring (bicyclic) bond motifs is 3. The largest absolute Gasteiger partial charge is 0.369 e. The van der Waals surface area contributed by atoms with Crippen LogP contribution in [0.1, 0.15) is 51.9 Å². The maximum atomic E-state index is 6.38. The van der Waals surface area contributed by atoms with Crippen LogP contribution in [0.25, 0.3) is 0 Å². The summed E-state index contributed by atoms with van der Waals surface area (Å²) in [5, 5.41) is 0. The summed E-state index contributed by atoms with van der Waals surface area (Å²) in [5.41, 5.74) is 2.96. The van der Waals surface area contributed by atoms with Crippen molar-refractivity contribution in [1.29, 1.82) is 0 Å². The van der Waals surface area contributed by atoms with Crippen LogP contribution in [-0.4, -0.2) is 12.2 Å². The molecule has 0 aromatic carbocycles. The molecule has 0 N–H and O–H groups in total. The average molecular weight is 232 g/mol. The molecule has 1 aliphatic heterocycles. The minimum Gasteiger partial charge on any atom is -0.369 e. The van der Waals surface area contributed by atoms with Gasteiger partial charge in [-0.15, -0.1) is 0 Å². The second-order valence-electron chi connectivity index (χ2n) is 6.07. The number of rotatable bonds is 1. The van der Waals surface area contributed by atoms with Crippen molar-refractivity contribution >= 4 is 0 Å². The van der Waals surface area contributed by atoms with Crippen LogP contribution < -0.4 is 0 Å². The number of hydrogen-bond donors (Lipinski definition) is 0. The molecule has 1 heteroatoms. The van der Waals surface area contributed by atoms with Gasteiger partial charge >= 0.3 is 0 Å². The van der Waals surface area contributed by atoms with E-state index in [1.165, 1.54) is 50.5 Å². The van der Waals surface area contributed by atoms with Gasteiger partial charge in [-0.05, 0) is 39.0 Å². The second-order valence-corrected chi connectivity index (χ2v) is 6.07. The lowest BCUT2D eigenvalue weighted by Crippen LogP contribution is -2.45. The van der Waals surface area contributed by atoms with Gasteiger partial charge in [0.2, 0.25) is 0 Å². The van der Waals surface area contributed by atoms with Gasteiger partial charge in [-0.25, -0.2) is 0 Å². The molecule has 1 saturated carbocycles. The van der Waals surface area contributed by atoms with Gasteiger partial charge in [0.05, 0.1) is 12.2 Å². The minimum absolute atomic E-state index is 0.306. The van der Waals surface area contributed by atoms with E-state index in [0.717, 1.165) is 5.92 Å². The summed E-state index contributed by atoms with van der Waals surface area (Å²) in [6.07, 6.45) is 12.6. The molecule has 0 bridgehead atoms. The van der Waals surface area contributed by atoms with Crippen LogP contribution in [0.5, 0.6) is 0 Å². The summed E-state index contributed by atoms with van der Waals surface area (Å²) in [6.45, 7) is 6.29. The van der Waals surface area contributed by atoms with Crippen LogP contribution in [0.2, 0.25) is 0 Å². The molecule has 2 unspecified atom stereocenters. The summed E-state index contributed by atoms with van der Waals surface area (Å²) in [7, 11) is 0. The van der Waals surface area contributed by atoms with Gasteiger partial charge in [0.15, 0.2) is 0 Å². The van der Waals surface area contributed by atoms with Crippen LogP contribution in [0.15, 0.2) is 23.8 Å². The summed E-state index contributed by atoms with van der Waals surface area (Å²) in [5.74, 6) is 1.39. The molecule has 1 nitrogen and oxygen atoms in total. The first-order chi connectivity index (χ1) is 8.27. The molecule has 4 atom stereocenters. The van der Waals surface area contributed by atoms with Crippen LogP contribution in [0.4, 0.5) is 0 Å². The van der Waals surface area contributed by atoms with Gasteiger partial charge in [-0.1, -0.05) is 36.6 Å². The van der Waals surface area contributed by atoms with Crippen molar-refractivity contribution in [3.8, 4) is 0 Å². The predicted molar refractivity (Wildman–Crippen MR) is 70.9 cm³/mol. The zero-order chi connectivity index (χ0) is 11.8. The molecule has 0 aromatic rings. The Hall–Kier alpha value is -0.560. The minimum atomic E-state index is 0.306. The third-order valence-corrected chi connectivity index (χ3v) is 4.83. The van der Waals surface area contributed by atoms with Gasteiger partial charge < -0.3 is 4.74 Å². The molecule has 3 rings (SSSR count). The van der Waals surface area contributed by atoms with Gasteiger partial charge in [0, 0.05) is 11.8 Å². The first-order valence-corrected chi connectivity index (χ1v) is 7.28. The zero-order valence-corrected chi connectivity index (χ0v) is 11.0. The van der Waals surface area contributed by atoms with E-state index in [0.29, 0.717) is 18.1 Å². The Morgan fingerprint density at radius 1 is 1.18 bits per heavy atom. The van der Waals surface area contributed by atoms with Crippen molar-refractivity contribution in [2.45, 2.75) is 64.1 Å². The number of hydrogen-bond acceptors (Lipinski definition) is 1.